The summed E-state index contributed by atoms with van der Waals surface area (Å²) in [5.41, 5.74) is 2.62. The van der Waals surface area contributed by atoms with Crippen molar-refractivity contribution in [3.63, 3.8) is 0 Å². The third-order valence-corrected chi connectivity index (χ3v) is 3.40. The predicted molar refractivity (Wildman–Crippen MR) is 66.2 cm³/mol. The molecule has 0 aromatic heterocycles. The Morgan fingerprint density at radius 3 is 2.53 bits per heavy atom. The van der Waals surface area contributed by atoms with Crippen LogP contribution in [0.25, 0.3) is 0 Å². The van der Waals surface area contributed by atoms with Crippen LogP contribution >= 0.6 is 0 Å². The van der Waals surface area contributed by atoms with E-state index in [2.05, 4.69) is 43.4 Å². The van der Waals surface area contributed by atoms with E-state index in [1.54, 1.807) is 0 Å². The van der Waals surface area contributed by atoms with Gasteiger partial charge in [-0.3, -0.25) is 0 Å². The maximum atomic E-state index is 3.64. The van der Waals surface area contributed by atoms with Crippen LogP contribution in [0.2, 0.25) is 0 Å². The summed E-state index contributed by atoms with van der Waals surface area (Å²) in [5, 5.41) is 3.64. The van der Waals surface area contributed by atoms with Gasteiger partial charge in [-0.25, -0.2) is 0 Å². The quantitative estimate of drug-likeness (QED) is 0.766. The molecule has 1 aliphatic carbocycles. The summed E-state index contributed by atoms with van der Waals surface area (Å²) < 4.78 is 0. The summed E-state index contributed by atoms with van der Waals surface area (Å²) in [7, 11) is 0. The maximum Gasteiger partial charge on any atom is 0.0344 e. The number of benzene rings is 1. The topological polar surface area (TPSA) is 12.0 Å². The summed E-state index contributed by atoms with van der Waals surface area (Å²) in [6.07, 6.45) is 5.41. The van der Waals surface area contributed by atoms with Gasteiger partial charge in [0.1, 0.15) is 0 Å². The van der Waals surface area contributed by atoms with Crippen LogP contribution < -0.4 is 5.32 Å². The Bertz CT molecular complexity index is 311. The van der Waals surface area contributed by atoms with Gasteiger partial charge < -0.3 is 5.32 Å². The minimum Gasteiger partial charge on any atom is -0.382 e. The number of rotatable bonds is 2. The van der Waals surface area contributed by atoms with Gasteiger partial charge in [0.2, 0.25) is 0 Å². The molecule has 1 saturated carbocycles. The van der Waals surface area contributed by atoms with E-state index in [1.807, 2.05) is 0 Å². The summed E-state index contributed by atoms with van der Waals surface area (Å²) in [6, 6.07) is 9.38. The molecule has 0 bridgehead atoms. The van der Waals surface area contributed by atoms with Crippen molar-refractivity contribution in [2.24, 2.45) is 5.92 Å². The van der Waals surface area contributed by atoms with Gasteiger partial charge in [0.05, 0.1) is 0 Å². The van der Waals surface area contributed by atoms with Gasteiger partial charge in [0, 0.05) is 11.7 Å². The highest BCUT2D eigenvalue weighted by Gasteiger charge is 2.17. The molecular formula is C14H21N. The molecule has 1 aliphatic rings. The fourth-order valence-electron chi connectivity index (χ4n) is 2.37. The monoisotopic (exact) mass is 203 g/mol. The Kier molecular flexibility index (Phi) is 3.30. The number of hydrogen-bond donors (Lipinski definition) is 1. The van der Waals surface area contributed by atoms with Crippen molar-refractivity contribution in [3.8, 4) is 0 Å². The molecule has 0 amide bonds. The summed E-state index contributed by atoms with van der Waals surface area (Å²) in [4.78, 5) is 0. The highest BCUT2D eigenvalue weighted by molar-refractivity contribution is 5.46. The first-order valence-corrected chi connectivity index (χ1v) is 6.07. The molecule has 0 unspecified atom stereocenters. The molecule has 0 heterocycles. The summed E-state index contributed by atoms with van der Waals surface area (Å²) in [5.74, 6) is 0.931. The first-order chi connectivity index (χ1) is 7.24. The van der Waals surface area contributed by atoms with Crippen LogP contribution in [0.1, 0.15) is 38.2 Å². The normalized spacial score (nSPS) is 26.3. The van der Waals surface area contributed by atoms with Crippen LogP contribution in [0, 0.1) is 12.8 Å². The SMILES string of the molecule is Cc1cccc(NC2CCC(C)CC2)c1. The van der Waals surface area contributed by atoms with Gasteiger partial charge in [-0.1, -0.05) is 19.1 Å². The van der Waals surface area contributed by atoms with E-state index in [4.69, 9.17) is 0 Å². The van der Waals surface area contributed by atoms with E-state index in [0.717, 1.165) is 5.92 Å². The van der Waals surface area contributed by atoms with Gasteiger partial charge in [-0.05, 0) is 56.2 Å². The van der Waals surface area contributed by atoms with Crippen LogP contribution in [0.3, 0.4) is 0 Å². The van der Waals surface area contributed by atoms with E-state index in [0.29, 0.717) is 6.04 Å². The Hall–Kier alpha value is -0.980. The van der Waals surface area contributed by atoms with Crippen LogP contribution in [-0.2, 0) is 0 Å². The fourth-order valence-corrected chi connectivity index (χ4v) is 2.37. The molecular weight excluding hydrogens is 182 g/mol. The van der Waals surface area contributed by atoms with E-state index < -0.39 is 0 Å². The lowest BCUT2D eigenvalue weighted by Crippen LogP contribution is -2.25. The molecule has 82 valence electrons. The second kappa shape index (κ2) is 4.69. The van der Waals surface area contributed by atoms with Crippen molar-refractivity contribution in [2.75, 3.05) is 5.32 Å². The third-order valence-electron chi connectivity index (χ3n) is 3.40. The van der Waals surface area contributed by atoms with Crippen LogP contribution in [0.5, 0.6) is 0 Å². The van der Waals surface area contributed by atoms with Gasteiger partial charge in [0.25, 0.3) is 0 Å². The highest BCUT2D eigenvalue weighted by Crippen LogP contribution is 2.26. The van der Waals surface area contributed by atoms with Crippen molar-refractivity contribution >= 4 is 5.69 Å². The Morgan fingerprint density at radius 1 is 1.13 bits per heavy atom. The first kappa shape index (κ1) is 10.5. The highest BCUT2D eigenvalue weighted by atomic mass is 14.9. The van der Waals surface area contributed by atoms with Crippen molar-refractivity contribution in [2.45, 2.75) is 45.6 Å². The molecule has 0 radical (unpaired) electrons. The Balaban J connectivity index is 1.92. The fraction of sp³-hybridized carbons (Fsp3) is 0.571. The van der Waals surface area contributed by atoms with E-state index in [-0.39, 0.29) is 0 Å². The average molecular weight is 203 g/mol. The van der Waals surface area contributed by atoms with Gasteiger partial charge in [-0.15, -0.1) is 0 Å². The standard InChI is InChI=1S/C14H21N/c1-11-6-8-13(9-7-11)15-14-5-3-4-12(2)10-14/h3-5,10-11,13,15H,6-9H2,1-2H3. The maximum absolute atomic E-state index is 3.64. The van der Waals surface area contributed by atoms with Crippen LogP contribution in [0.15, 0.2) is 24.3 Å². The smallest absolute Gasteiger partial charge is 0.0344 e. The van der Waals surface area contributed by atoms with E-state index in [1.165, 1.54) is 36.9 Å². The van der Waals surface area contributed by atoms with E-state index >= 15 is 0 Å². The number of hydrogen-bond acceptors (Lipinski definition) is 1. The molecule has 0 saturated heterocycles. The average Bonchev–Trinajstić information content (AvgIpc) is 2.22. The molecule has 2 rings (SSSR count). The zero-order valence-electron chi connectivity index (χ0n) is 9.79. The van der Waals surface area contributed by atoms with Crippen molar-refractivity contribution < 1.29 is 0 Å². The summed E-state index contributed by atoms with van der Waals surface area (Å²) in [6.45, 7) is 4.51. The summed E-state index contributed by atoms with van der Waals surface area (Å²) >= 11 is 0. The number of anilines is 1. The molecule has 1 N–H and O–H groups in total. The molecule has 0 atom stereocenters. The molecule has 0 spiro atoms. The van der Waals surface area contributed by atoms with Crippen LogP contribution in [0.4, 0.5) is 5.69 Å². The largest absolute Gasteiger partial charge is 0.382 e. The minimum absolute atomic E-state index is 0.697. The van der Waals surface area contributed by atoms with Crippen molar-refractivity contribution in [1.29, 1.82) is 0 Å². The predicted octanol–water partition coefficient (Wildman–Crippen LogP) is 3.99. The van der Waals surface area contributed by atoms with Gasteiger partial charge in [-0.2, -0.15) is 0 Å². The lowest BCUT2D eigenvalue weighted by Gasteiger charge is -2.27. The second-order valence-electron chi connectivity index (χ2n) is 4.97. The van der Waals surface area contributed by atoms with Gasteiger partial charge >= 0.3 is 0 Å². The molecule has 15 heavy (non-hydrogen) atoms. The van der Waals surface area contributed by atoms with Crippen molar-refractivity contribution in [1.82, 2.24) is 0 Å². The molecule has 1 nitrogen and oxygen atoms in total. The zero-order valence-corrected chi connectivity index (χ0v) is 9.79. The molecule has 0 aliphatic heterocycles. The first-order valence-electron chi connectivity index (χ1n) is 6.07. The number of nitrogens with one attached hydrogen (secondary N) is 1. The molecule has 1 aromatic carbocycles. The Morgan fingerprint density at radius 2 is 1.87 bits per heavy atom. The van der Waals surface area contributed by atoms with Crippen molar-refractivity contribution in [3.05, 3.63) is 29.8 Å². The van der Waals surface area contributed by atoms with Gasteiger partial charge in [0.15, 0.2) is 0 Å². The molecule has 1 heteroatoms. The second-order valence-corrected chi connectivity index (χ2v) is 4.97. The number of aryl methyl sites for hydroxylation is 1. The minimum atomic E-state index is 0.697. The van der Waals surface area contributed by atoms with E-state index in [9.17, 15) is 0 Å². The Labute approximate surface area is 92.9 Å². The molecule has 1 fully saturated rings. The lowest BCUT2D eigenvalue weighted by atomic mass is 9.87. The lowest BCUT2D eigenvalue weighted by molar-refractivity contribution is 0.361. The zero-order chi connectivity index (χ0) is 10.7. The third kappa shape index (κ3) is 2.98. The molecule has 1 aromatic rings. The van der Waals surface area contributed by atoms with Crippen LogP contribution in [-0.4, -0.2) is 6.04 Å².